The highest BCUT2D eigenvalue weighted by molar-refractivity contribution is 6.30. The van der Waals surface area contributed by atoms with Crippen LogP contribution >= 0.6 is 11.6 Å². The number of carbonyl (C=O) groups is 2. The first-order chi connectivity index (χ1) is 19.6. The molecule has 0 unspecified atom stereocenters. The largest absolute Gasteiger partial charge is 0.497 e. The highest BCUT2D eigenvalue weighted by atomic mass is 35.5. The van der Waals surface area contributed by atoms with Gasteiger partial charge in [0.15, 0.2) is 0 Å². The van der Waals surface area contributed by atoms with Crippen molar-refractivity contribution in [3.8, 4) is 11.4 Å². The molecule has 216 valence electrons. The fourth-order valence-electron chi connectivity index (χ4n) is 5.27. The van der Waals surface area contributed by atoms with E-state index in [4.69, 9.17) is 21.1 Å². The second-order valence-electron chi connectivity index (χ2n) is 11.3. The van der Waals surface area contributed by atoms with E-state index in [0.29, 0.717) is 49.5 Å². The normalized spacial score (nSPS) is 14.3. The Morgan fingerprint density at radius 2 is 1.85 bits per heavy atom. The van der Waals surface area contributed by atoms with Crippen LogP contribution in [0.1, 0.15) is 61.1 Å². The summed E-state index contributed by atoms with van der Waals surface area (Å²) < 4.78 is 12.8. The summed E-state index contributed by atoms with van der Waals surface area (Å²) in [6, 6.07) is 13.3. The average Bonchev–Trinajstić information content (AvgIpc) is 3.57. The summed E-state index contributed by atoms with van der Waals surface area (Å²) in [6.45, 7) is 7.13. The van der Waals surface area contributed by atoms with Crippen LogP contribution in [0.25, 0.3) is 16.6 Å². The molecule has 9 nitrogen and oxygen atoms in total. The number of likely N-dealkylation sites (tertiary alicyclic amines) is 1. The average molecular weight is 578 g/mol. The van der Waals surface area contributed by atoms with Crippen LogP contribution in [0, 0.1) is 0 Å². The Morgan fingerprint density at radius 3 is 2.54 bits per heavy atom. The number of ether oxygens (including phenoxy) is 2. The summed E-state index contributed by atoms with van der Waals surface area (Å²) in [7, 11) is 1.65. The fraction of sp³-hybridized carbons (Fsp3) is 0.387. The number of piperidine rings is 1. The maximum absolute atomic E-state index is 13.5. The molecule has 1 aliphatic rings. The third-order valence-corrected chi connectivity index (χ3v) is 7.56. The van der Waals surface area contributed by atoms with Gasteiger partial charge in [0.2, 0.25) is 0 Å². The molecule has 2 aromatic heterocycles. The molecule has 2 N–H and O–H groups in total. The van der Waals surface area contributed by atoms with Gasteiger partial charge in [-0.25, -0.2) is 9.48 Å². The van der Waals surface area contributed by atoms with E-state index in [0.717, 1.165) is 33.6 Å². The third-order valence-electron chi connectivity index (χ3n) is 7.31. The van der Waals surface area contributed by atoms with Crippen LogP contribution in [0.4, 0.5) is 4.79 Å². The number of halogens is 1. The zero-order chi connectivity index (χ0) is 29.1. The summed E-state index contributed by atoms with van der Waals surface area (Å²) >= 11 is 6.14. The van der Waals surface area contributed by atoms with E-state index in [9.17, 15) is 9.59 Å². The van der Waals surface area contributed by atoms with Gasteiger partial charge in [0.25, 0.3) is 5.91 Å². The number of methoxy groups -OCH3 is 1. The van der Waals surface area contributed by atoms with Crippen LogP contribution < -0.4 is 10.1 Å². The SMILES string of the molecule is COc1ccc2[nH]cc(CCNC(=O)c3cnn(-c4ccc(Cl)cc4)c3C3CCN(C(=O)OC(C)(C)C)CC3)c2c1. The van der Waals surface area contributed by atoms with Gasteiger partial charge in [-0.15, -0.1) is 0 Å². The quantitative estimate of drug-likeness (QED) is 0.276. The fourth-order valence-corrected chi connectivity index (χ4v) is 5.40. The summed E-state index contributed by atoms with van der Waals surface area (Å²) in [5.74, 6) is 0.653. The van der Waals surface area contributed by atoms with Gasteiger partial charge in [-0.2, -0.15) is 5.10 Å². The first-order valence-electron chi connectivity index (χ1n) is 13.9. The van der Waals surface area contributed by atoms with Gasteiger partial charge < -0.3 is 24.7 Å². The van der Waals surface area contributed by atoms with Crippen LogP contribution in [0.5, 0.6) is 5.75 Å². The molecule has 0 radical (unpaired) electrons. The predicted molar refractivity (Wildman–Crippen MR) is 159 cm³/mol. The number of aromatic amines is 1. The molecule has 41 heavy (non-hydrogen) atoms. The molecule has 2 aromatic carbocycles. The molecule has 4 aromatic rings. The van der Waals surface area contributed by atoms with Crippen LogP contribution in [-0.2, 0) is 11.2 Å². The van der Waals surface area contributed by atoms with E-state index in [-0.39, 0.29) is 17.9 Å². The summed E-state index contributed by atoms with van der Waals surface area (Å²) in [6.07, 6.45) is 5.34. The summed E-state index contributed by atoms with van der Waals surface area (Å²) in [4.78, 5) is 31.2. The number of benzene rings is 2. The van der Waals surface area contributed by atoms with Crippen LogP contribution in [0.3, 0.4) is 0 Å². The summed E-state index contributed by atoms with van der Waals surface area (Å²) in [5, 5.41) is 9.42. The number of nitrogens with zero attached hydrogens (tertiary/aromatic N) is 3. The zero-order valence-corrected chi connectivity index (χ0v) is 24.6. The zero-order valence-electron chi connectivity index (χ0n) is 23.9. The van der Waals surface area contributed by atoms with Gasteiger partial charge in [-0.3, -0.25) is 4.79 Å². The number of aromatic nitrogens is 3. The van der Waals surface area contributed by atoms with Crippen LogP contribution in [-0.4, -0.2) is 64.0 Å². The molecule has 1 saturated heterocycles. The second-order valence-corrected chi connectivity index (χ2v) is 11.7. The Bertz CT molecular complexity index is 1530. The first kappa shape index (κ1) is 28.5. The maximum atomic E-state index is 13.5. The van der Waals surface area contributed by atoms with Gasteiger partial charge in [0, 0.05) is 47.7 Å². The number of amides is 2. The van der Waals surface area contributed by atoms with Crippen molar-refractivity contribution in [3.05, 3.63) is 76.7 Å². The highest BCUT2D eigenvalue weighted by Gasteiger charge is 2.32. The lowest BCUT2D eigenvalue weighted by atomic mass is 9.91. The summed E-state index contributed by atoms with van der Waals surface area (Å²) in [5.41, 5.74) is 3.78. The minimum atomic E-state index is -0.550. The molecular weight excluding hydrogens is 542 g/mol. The number of hydrogen-bond donors (Lipinski definition) is 2. The van der Waals surface area contributed by atoms with Crippen molar-refractivity contribution < 1.29 is 19.1 Å². The number of fused-ring (bicyclic) bond motifs is 1. The minimum Gasteiger partial charge on any atom is -0.497 e. The molecule has 5 rings (SSSR count). The van der Waals surface area contributed by atoms with Crippen molar-refractivity contribution >= 4 is 34.5 Å². The third kappa shape index (κ3) is 6.51. The Hall–Kier alpha value is -3.98. The highest BCUT2D eigenvalue weighted by Crippen LogP contribution is 2.33. The monoisotopic (exact) mass is 577 g/mol. The van der Waals surface area contributed by atoms with Crippen LogP contribution in [0.2, 0.25) is 5.02 Å². The van der Waals surface area contributed by atoms with Crippen molar-refractivity contribution in [1.29, 1.82) is 0 Å². The Kier molecular flexibility index (Phi) is 8.26. The number of H-pyrrole nitrogens is 1. The van der Waals surface area contributed by atoms with E-state index in [1.165, 1.54) is 0 Å². The standard InChI is InChI=1S/C31H36ClN5O4/c1-31(2,3)41-30(39)36-15-12-20(13-16-36)28-26(19-35-37(28)23-7-5-22(32)6-8-23)29(38)33-14-11-21-18-34-27-10-9-24(40-4)17-25(21)27/h5-10,17-20,34H,11-16H2,1-4H3,(H,33,38). The maximum Gasteiger partial charge on any atom is 0.410 e. The minimum absolute atomic E-state index is 0.0358. The van der Waals surface area contributed by atoms with E-state index >= 15 is 0 Å². The molecule has 1 fully saturated rings. The lowest BCUT2D eigenvalue weighted by Gasteiger charge is -2.34. The van der Waals surface area contributed by atoms with E-state index in [1.807, 2.05) is 74.1 Å². The van der Waals surface area contributed by atoms with E-state index in [2.05, 4.69) is 15.4 Å². The van der Waals surface area contributed by atoms with Crippen molar-refractivity contribution in [3.63, 3.8) is 0 Å². The van der Waals surface area contributed by atoms with Crippen molar-refractivity contribution in [1.82, 2.24) is 25.0 Å². The predicted octanol–water partition coefficient (Wildman–Crippen LogP) is 6.10. The number of hydrogen-bond acceptors (Lipinski definition) is 5. The Morgan fingerprint density at radius 1 is 1.12 bits per heavy atom. The number of carbonyl (C=O) groups excluding carboxylic acids is 2. The lowest BCUT2D eigenvalue weighted by molar-refractivity contribution is 0.0203. The molecule has 10 heteroatoms. The smallest absolute Gasteiger partial charge is 0.410 e. The molecule has 3 heterocycles. The van der Waals surface area contributed by atoms with Crippen LogP contribution in [0.15, 0.2) is 54.9 Å². The van der Waals surface area contributed by atoms with Crippen molar-refractivity contribution in [2.75, 3.05) is 26.7 Å². The molecular formula is C31H36ClN5O4. The molecule has 0 saturated carbocycles. The van der Waals surface area contributed by atoms with Gasteiger partial charge in [-0.1, -0.05) is 11.6 Å². The van der Waals surface area contributed by atoms with Crippen molar-refractivity contribution in [2.45, 2.75) is 51.6 Å². The second kappa shape index (κ2) is 11.9. The molecule has 0 atom stereocenters. The van der Waals surface area contributed by atoms with Gasteiger partial charge in [0.1, 0.15) is 11.4 Å². The molecule has 0 bridgehead atoms. The van der Waals surface area contributed by atoms with Gasteiger partial charge in [0.05, 0.1) is 30.3 Å². The number of rotatable bonds is 7. The molecule has 0 aliphatic carbocycles. The molecule has 0 spiro atoms. The van der Waals surface area contributed by atoms with Crippen molar-refractivity contribution in [2.24, 2.45) is 0 Å². The topological polar surface area (TPSA) is 101 Å². The first-order valence-corrected chi connectivity index (χ1v) is 14.2. The van der Waals surface area contributed by atoms with Gasteiger partial charge >= 0.3 is 6.09 Å². The number of nitrogens with one attached hydrogen (secondary N) is 2. The Labute approximate surface area is 244 Å². The molecule has 2 amide bonds. The van der Waals surface area contributed by atoms with E-state index in [1.54, 1.807) is 18.2 Å². The Balaban J connectivity index is 1.33. The molecule has 1 aliphatic heterocycles. The van der Waals surface area contributed by atoms with Gasteiger partial charge in [-0.05, 0) is 88.1 Å². The van der Waals surface area contributed by atoms with E-state index < -0.39 is 5.60 Å². The lowest BCUT2D eigenvalue weighted by Crippen LogP contribution is -2.41.